The molecule has 2 aliphatic carbocycles. The standard InChI is InChI=1S/C19H26O5/c1-9(2)18(22)24-17-13-10(3)8-23-16(13)15(21)14-12(20)7-6-11(4)19(14,17)5/h8-9,11-12,14,17,20H,6-7H2,1-5H3/t11-,12+,14-,17-,19+/m1/s1. The van der Waals surface area contributed by atoms with Crippen molar-refractivity contribution in [2.24, 2.45) is 23.2 Å². The van der Waals surface area contributed by atoms with Crippen LogP contribution in [0.4, 0.5) is 0 Å². The first-order chi connectivity index (χ1) is 11.2. The minimum atomic E-state index is -0.738. The van der Waals surface area contributed by atoms with E-state index in [1.54, 1.807) is 13.8 Å². The molecule has 1 aromatic heterocycles. The number of esters is 1. The van der Waals surface area contributed by atoms with E-state index >= 15 is 0 Å². The highest BCUT2D eigenvalue weighted by atomic mass is 16.5. The Bertz CT molecular complexity index is 673. The predicted octanol–water partition coefficient (Wildman–Crippen LogP) is 3.44. The number of carbonyl (C=O) groups excluding carboxylic acids is 2. The first kappa shape index (κ1) is 17.2. The molecule has 5 heteroatoms. The summed E-state index contributed by atoms with van der Waals surface area (Å²) in [4.78, 5) is 25.3. The van der Waals surface area contributed by atoms with Gasteiger partial charge in [-0.1, -0.05) is 27.7 Å². The lowest BCUT2D eigenvalue weighted by Gasteiger charge is -2.53. The lowest BCUT2D eigenvalue weighted by atomic mass is 9.53. The van der Waals surface area contributed by atoms with Crippen LogP contribution in [-0.4, -0.2) is 23.0 Å². The van der Waals surface area contributed by atoms with Crippen molar-refractivity contribution in [1.29, 1.82) is 0 Å². The second kappa shape index (κ2) is 5.73. The van der Waals surface area contributed by atoms with E-state index in [-0.39, 0.29) is 29.3 Å². The smallest absolute Gasteiger partial charge is 0.309 e. The molecule has 0 amide bonds. The largest absolute Gasteiger partial charge is 0.460 e. The summed E-state index contributed by atoms with van der Waals surface area (Å²) in [5.41, 5.74) is 0.849. The van der Waals surface area contributed by atoms with Crippen molar-refractivity contribution in [2.75, 3.05) is 0 Å². The summed E-state index contributed by atoms with van der Waals surface area (Å²) in [7, 11) is 0. The van der Waals surface area contributed by atoms with E-state index in [9.17, 15) is 14.7 Å². The maximum absolute atomic E-state index is 13.0. The molecule has 0 aliphatic heterocycles. The Morgan fingerprint density at radius 1 is 1.42 bits per heavy atom. The van der Waals surface area contributed by atoms with Crippen LogP contribution in [0.15, 0.2) is 10.7 Å². The van der Waals surface area contributed by atoms with Crippen LogP contribution in [0, 0.1) is 30.1 Å². The van der Waals surface area contributed by atoms with Gasteiger partial charge in [0.25, 0.3) is 0 Å². The van der Waals surface area contributed by atoms with Crippen molar-refractivity contribution >= 4 is 11.8 Å². The number of carbonyl (C=O) groups is 2. The molecule has 1 heterocycles. The van der Waals surface area contributed by atoms with Gasteiger partial charge in [-0.3, -0.25) is 9.59 Å². The monoisotopic (exact) mass is 334 g/mol. The lowest BCUT2D eigenvalue weighted by molar-refractivity contribution is -0.176. The summed E-state index contributed by atoms with van der Waals surface area (Å²) < 4.78 is 11.4. The Hall–Kier alpha value is -1.62. The SMILES string of the molecule is Cc1coc2c1[C@@H](OC(=O)C(C)C)[C@@]1(C)[C@H](C)CC[C@H](O)[C@@H]1C2=O. The fourth-order valence-corrected chi connectivity index (χ4v) is 4.36. The van der Waals surface area contributed by atoms with Crippen molar-refractivity contribution in [3.05, 3.63) is 23.2 Å². The van der Waals surface area contributed by atoms with Crippen LogP contribution in [0.5, 0.6) is 0 Å². The van der Waals surface area contributed by atoms with Crippen molar-refractivity contribution < 1.29 is 23.8 Å². The highest BCUT2D eigenvalue weighted by Gasteiger charge is 2.61. The van der Waals surface area contributed by atoms with Crippen molar-refractivity contribution in [2.45, 2.75) is 59.7 Å². The average Bonchev–Trinajstić information content (AvgIpc) is 2.89. The Labute approximate surface area is 142 Å². The van der Waals surface area contributed by atoms with Crippen molar-refractivity contribution in [1.82, 2.24) is 0 Å². The third-order valence-electron chi connectivity index (χ3n) is 6.07. The van der Waals surface area contributed by atoms with Crippen LogP contribution in [0.3, 0.4) is 0 Å². The third kappa shape index (κ3) is 2.25. The van der Waals surface area contributed by atoms with E-state index in [4.69, 9.17) is 9.15 Å². The molecule has 0 aromatic carbocycles. The van der Waals surface area contributed by atoms with E-state index in [0.29, 0.717) is 12.0 Å². The molecule has 3 rings (SSSR count). The van der Waals surface area contributed by atoms with Crippen LogP contribution in [0.25, 0.3) is 0 Å². The number of ether oxygens (including phenoxy) is 1. The molecule has 0 saturated heterocycles. The predicted molar refractivity (Wildman–Crippen MR) is 87.4 cm³/mol. The molecule has 5 nitrogen and oxygen atoms in total. The number of rotatable bonds is 2. The zero-order valence-corrected chi connectivity index (χ0v) is 15.0. The Kier molecular flexibility index (Phi) is 4.11. The summed E-state index contributed by atoms with van der Waals surface area (Å²) in [6.45, 7) is 9.48. The number of aliphatic hydroxyl groups excluding tert-OH is 1. The van der Waals surface area contributed by atoms with E-state index < -0.39 is 23.5 Å². The minimum absolute atomic E-state index is 0.141. The Balaban J connectivity index is 2.18. The van der Waals surface area contributed by atoms with Gasteiger partial charge in [-0.2, -0.15) is 0 Å². The van der Waals surface area contributed by atoms with Crippen LogP contribution in [-0.2, 0) is 9.53 Å². The van der Waals surface area contributed by atoms with Gasteiger partial charge in [-0.25, -0.2) is 0 Å². The topological polar surface area (TPSA) is 76.7 Å². The molecule has 5 atom stereocenters. The van der Waals surface area contributed by atoms with Crippen molar-refractivity contribution in [3.8, 4) is 0 Å². The van der Waals surface area contributed by atoms with Gasteiger partial charge < -0.3 is 14.3 Å². The van der Waals surface area contributed by atoms with Crippen LogP contribution in [0.2, 0.25) is 0 Å². The number of aliphatic hydroxyl groups is 1. The number of aryl methyl sites for hydroxylation is 1. The number of Topliss-reactive ketones (excluding diaryl/α,β-unsaturated/α-hetero) is 1. The molecule has 2 aliphatic rings. The average molecular weight is 334 g/mol. The van der Waals surface area contributed by atoms with Gasteiger partial charge >= 0.3 is 5.97 Å². The molecule has 1 aromatic rings. The van der Waals surface area contributed by atoms with Gasteiger partial charge in [-0.15, -0.1) is 0 Å². The van der Waals surface area contributed by atoms with Crippen LogP contribution >= 0.6 is 0 Å². The third-order valence-corrected chi connectivity index (χ3v) is 6.07. The molecular weight excluding hydrogens is 308 g/mol. The molecule has 1 N–H and O–H groups in total. The number of fused-ring (bicyclic) bond motifs is 2. The highest BCUT2D eigenvalue weighted by molar-refractivity contribution is 5.99. The maximum atomic E-state index is 13.0. The maximum Gasteiger partial charge on any atom is 0.309 e. The molecule has 1 saturated carbocycles. The quantitative estimate of drug-likeness (QED) is 0.838. The molecule has 0 unspecified atom stereocenters. The normalized spacial score (nSPS) is 35.5. The molecule has 132 valence electrons. The molecule has 1 fully saturated rings. The number of ketones is 1. The Morgan fingerprint density at radius 3 is 2.71 bits per heavy atom. The first-order valence-electron chi connectivity index (χ1n) is 8.70. The fraction of sp³-hybridized carbons (Fsp3) is 0.684. The van der Waals surface area contributed by atoms with Gasteiger partial charge in [0, 0.05) is 11.0 Å². The number of hydrogen-bond donors (Lipinski definition) is 1. The fourth-order valence-electron chi connectivity index (χ4n) is 4.36. The van der Waals surface area contributed by atoms with Gasteiger partial charge in [0.1, 0.15) is 6.10 Å². The van der Waals surface area contributed by atoms with Crippen LogP contribution < -0.4 is 0 Å². The second-order valence-corrected chi connectivity index (χ2v) is 7.89. The first-order valence-corrected chi connectivity index (χ1v) is 8.70. The van der Waals surface area contributed by atoms with Crippen LogP contribution in [0.1, 0.15) is 68.3 Å². The van der Waals surface area contributed by atoms with E-state index in [1.807, 2.05) is 13.8 Å². The Morgan fingerprint density at radius 2 is 2.08 bits per heavy atom. The molecule has 24 heavy (non-hydrogen) atoms. The van der Waals surface area contributed by atoms with Gasteiger partial charge in [-0.05, 0) is 31.2 Å². The summed E-state index contributed by atoms with van der Waals surface area (Å²) >= 11 is 0. The molecule has 0 radical (unpaired) electrons. The van der Waals surface area contributed by atoms with E-state index in [0.717, 1.165) is 12.0 Å². The molecule has 0 spiro atoms. The molecule has 0 bridgehead atoms. The van der Waals surface area contributed by atoms with E-state index in [2.05, 4.69) is 6.92 Å². The van der Waals surface area contributed by atoms with Gasteiger partial charge in [0.05, 0.1) is 24.2 Å². The lowest BCUT2D eigenvalue weighted by Crippen LogP contribution is -2.55. The zero-order valence-electron chi connectivity index (χ0n) is 15.0. The van der Waals surface area contributed by atoms with E-state index in [1.165, 1.54) is 6.26 Å². The van der Waals surface area contributed by atoms with Gasteiger partial charge in [0.15, 0.2) is 5.76 Å². The summed E-state index contributed by atoms with van der Waals surface area (Å²) in [5.74, 6) is -0.954. The zero-order chi connectivity index (χ0) is 17.8. The number of hydrogen-bond acceptors (Lipinski definition) is 5. The number of furan rings is 1. The molecular formula is C19H26O5. The minimum Gasteiger partial charge on any atom is -0.460 e. The highest BCUT2D eigenvalue weighted by Crippen LogP contribution is 2.59. The second-order valence-electron chi connectivity index (χ2n) is 7.89. The van der Waals surface area contributed by atoms with Crippen molar-refractivity contribution in [3.63, 3.8) is 0 Å². The summed E-state index contributed by atoms with van der Waals surface area (Å²) in [6, 6.07) is 0. The van der Waals surface area contributed by atoms with Gasteiger partial charge in [0.2, 0.25) is 5.78 Å². The summed E-state index contributed by atoms with van der Waals surface area (Å²) in [5, 5.41) is 10.5. The summed E-state index contributed by atoms with van der Waals surface area (Å²) in [6.07, 6.45) is 1.60.